The van der Waals surface area contributed by atoms with E-state index in [1.54, 1.807) is 0 Å². The molecule has 0 radical (unpaired) electrons. The second kappa shape index (κ2) is 16.0. The Kier molecular flexibility index (Phi) is 9.30. The first-order valence-corrected chi connectivity index (χ1v) is 26.5. The molecule has 11 aromatic rings. The molecule has 0 aliphatic heterocycles. The fourth-order valence-electron chi connectivity index (χ4n) is 14.1. The van der Waals surface area contributed by atoms with Gasteiger partial charge in [-0.3, -0.25) is 0 Å². The molecule has 0 saturated heterocycles. The summed E-state index contributed by atoms with van der Waals surface area (Å²) in [5, 5.41) is 0. The van der Waals surface area contributed by atoms with Gasteiger partial charge in [-0.2, -0.15) is 0 Å². The van der Waals surface area contributed by atoms with Crippen LogP contribution in [0.25, 0.3) is 55.6 Å². The van der Waals surface area contributed by atoms with E-state index in [1.807, 2.05) is 0 Å². The van der Waals surface area contributed by atoms with Crippen molar-refractivity contribution in [3.8, 4) is 55.6 Å². The van der Waals surface area contributed by atoms with E-state index in [4.69, 9.17) is 0 Å². The van der Waals surface area contributed by atoms with E-state index in [9.17, 15) is 0 Å². The van der Waals surface area contributed by atoms with Crippen LogP contribution in [0.5, 0.6) is 0 Å². The molecule has 0 N–H and O–H groups in total. The van der Waals surface area contributed by atoms with Gasteiger partial charge in [0.05, 0.1) is 16.8 Å². The van der Waals surface area contributed by atoms with Gasteiger partial charge in [-0.25, -0.2) is 0 Å². The van der Waals surface area contributed by atoms with Gasteiger partial charge in [-0.1, -0.05) is 222 Å². The zero-order valence-electron chi connectivity index (χ0n) is 42.6. The fraction of sp³-hybridized carbons (Fsp3) is 0.0959. The Morgan fingerprint density at radius 3 is 1.04 bits per heavy atom. The number of nitrogens with zero attached hydrogens (tertiary/aromatic N) is 2. The van der Waals surface area contributed by atoms with Crippen molar-refractivity contribution in [2.45, 2.75) is 43.9 Å². The van der Waals surface area contributed by atoms with Crippen molar-refractivity contribution in [3.63, 3.8) is 0 Å². The highest BCUT2D eigenvalue weighted by atomic mass is 15.2. The molecule has 0 heterocycles. The molecular weight excluding hydrogens is 905 g/mol. The van der Waals surface area contributed by atoms with Crippen LogP contribution in [-0.2, 0) is 16.2 Å². The molecule has 0 bridgehead atoms. The highest BCUT2D eigenvalue weighted by molar-refractivity contribution is 6.01. The molecule has 11 aromatic carbocycles. The molecule has 356 valence electrons. The van der Waals surface area contributed by atoms with Crippen LogP contribution in [0, 0.1) is 0 Å². The largest absolute Gasteiger partial charge is 0.310 e. The average Bonchev–Trinajstić information content (AvgIpc) is 4.30. The highest BCUT2D eigenvalue weighted by Crippen LogP contribution is 2.64. The van der Waals surface area contributed by atoms with Crippen LogP contribution < -0.4 is 9.80 Å². The lowest BCUT2D eigenvalue weighted by atomic mass is 9.70. The summed E-state index contributed by atoms with van der Waals surface area (Å²) in [6.45, 7) is 9.51. The standard InChI is InChI=1S/C73H54N2/c1-71(2)59-32-16-14-30-57(59)69-64(71)37-21-39-67(69)74(49-23-7-5-8-24-49)51-43-48(44-52(46-51)75(50-25-9-6-10-26-50)68-40-22-38-65-70(68)58-31-15-17-33-60(58)72(65,3)4)47-41-42-56-55-29-13-20-36-63(55)73(66(56)45-47)61-34-18-11-27-53(61)54-28-12-19-35-62(54)73/h5-46H,1-4H3. The molecule has 15 rings (SSSR count). The van der Waals surface area contributed by atoms with Gasteiger partial charge in [-0.05, 0) is 150 Å². The fourth-order valence-corrected chi connectivity index (χ4v) is 14.1. The third-order valence-electron chi connectivity index (χ3n) is 17.4. The number of anilines is 6. The highest BCUT2D eigenvalue weighted by Gasteiger charge is 2.51. The molecule has 0 aromatic heterocycles. The van der Waals surface area contributed by atoms with Crippen LogP contribution in [-0.4, -0.2) is 0 Å². The van der Waals surface area contributed by atoms with Crippen molar-refractivity contribution in [1.82, 2.24) is 0 Å². The zero-order valence-corrected chi connectivity index (χ0v) is 42.6. The molecule has 2 heteroatoms. The van der Waals surface area contributed by atoms with Crippen LogP contribution in [0.2, 0.25) is 0 Å². The molecule has 0 fully saturated rings. The van der Waals surface area contributed by atoms with Gasteiger partial charge < -0.3 is 9.80 Å². The SMILES string of the molecule is CC1(C)c2ccccc2-c2c(N(c3ccccc3)c3cc(-c4ccc5c(c4)C4(c6ccccc6-c6ccccc64)c4ccccc4-5)cc(N(c4ccccc4)c4cccc5c4-c4ccccc4C5(C)C)c3)cccc21. The molecule has 75 heavy (non-hydrogen) atoms. The van der Waals surface area contributed by atoms with E-state index in [0.717, 1.165) is 39.7 Å². The first kappa shape index (κ1) is 43.6. The molecule has 1 spiro atoms. The normalized spacial score (nSPS) is 14.7. The summed E-state index contributed by atoms with van der Waals surface area (Å²) in [6, 6.07) is 95.9. The molecule has 4 aliphatic rings. The van der Waals surface area contributed by atoms with Crippen molar-refractivity contribution < 1.29 is 0 Å². The quantitative estimate of drug-likeness (QED) is 0.157. The smallest absolute Gasteiger partial charge is 0.0725 e. The summed E-state index contributed by atoms with van der Waals surface area (Å²) >= 11 is 0. The maximum absolute atomic E-state index is 2.54. The lowest BCUT2D eigenvalue weighted by Gasteiger charge is -2.33. The van der Waals surface area contributed by atoms with Crippen molar-refractivity contribution in [2.75, 3.05) is 9.80 Å². The van der Waals surface area contributed by atoms with Crippen LogP contribution in [0.3, 0.4) is 0 Å². The van der Waals surface area contributed by atoms with Gasteiger partial charge in [0.1, 0.15) is 0 Å². The van der Waals surface area contributed by atoms with Crippen LogP contribution in [0.1, 0.15) is 72.2 Å². The third kappa shape index (κ3) is 6.03. The van der Waals surface area contributed by atoms with Crippen molar-refractivity contribution in [1.29, 1.82) is 0 Å². The first-order valence-electron chi connectivity index (χ1n) is 26.5. The summed E-state index contributed by atoms with van der Waals surface area (Å²) in [6.07, 6.45) is 0. The van der Waals surface area contributed by atoms with Crippen LogP contribution >= 0.6 is 0 Å². The Balaban J connectivity index is 1.03. The van der Waals surface area contributed by atoms with Gasteiger partial charge in [0.15, 0.2) is 0 Å². The summed E-state index contributed by atoms with van der Waals surface area (Å²) in [7, 11) is 0. The summed E-state index contributed by atoms with van der Waals surface area (Å²) in [4.78, 5) is 5.05. The third-order valence-corrected chi connectivity index (χ3v) is 17.4. The maximum atomic E-state index is 2.54. The van der Waals surface area contributed by atoms with Gasteiger partial charge in [-0.15, -0.1) is 0 Å². The van der Waals surface area contributed by atoms with Gasteiger partial charge in [0.2, 0.25) is 0 Å². The Labute approximate surface area is 440 Å². The number of benzene rings is 11. The zero-order chi connectivity index (χ0) is 50.2. The molecule has 0 atom stereocenters. The van der Waals surface area contributed by atoms with Gasteiger partial charge >= 0.3 is 0 Å². The maximum Gasteiger partial charge on any atom is 0.0725 e. The molecule has 0 saturated carbocycles. The summed E-state index contributed by atoms with van der Waals surface area (Å²) < 4.78 is 0. The van der Waals surface area contributed by atoms with E-state index in [-0.39, 0.29) is 10.8 Å². The number of rotatable bonds is 7. The minimum absolute atomic E-state index is 0.172. The van der Waals surface area contributed by atoms with Crippen molar-refractivity contribution in [2.24, 2.45) is 0 Å². The topological polar surface area (TPSA) is 6.48 Å². The Bertz CT molecular complexity index is 3910. The number of para-hydroxylation sites is 2. The molecule has 4 aliphatic carbocycles. The number of fused-ring (bicyclic) bond motifs is 16. The predicted octanol–water partition coefficient (Wildman–Crippen LogP) is 19.2. The van der Waals surface area contributed by atoms with E-state index >= 15 is 0 Å². The monoisotopic (exact) mass is 958 g/mol. The van der Waals surface area contributed by atoms with E-state index < -0.39 is 5.41 Å². The van der Waals surface area contributed by atoms with E-state index in [2.05, 4.69) is 292 Å². The Morgan fingerprint density at radius 1 is 0.240 bits per heavy atom. The lowest BCUT2D eigenvalue weighted by molar-refractivity contribution is 0.660. The minimum atomic E-state index is -0.475. The first-order chi connectivity index (χ1) is 36.7. The van der Waals surface area contributed by atoms with Crippen LogP contribution in [0.15, 0.2) is 255 Å². The number of hydrogen-bond donors (Lipinski definition) is 0. The predicted molar refractivity (Wildman–Crippen MR) is 313 cm³/mol. The second-order valence-electron chi connectivity index (χ2n) is 22.0. The van der Waals surface area contributed by atoms with E-state index in [0.29, 0.717) is 0 Å². The van der Waals surface area contributed by atoms with Gasteiger partial charge in [0, 0.05) is 44.7 Å². The number of hydrogen-bond acceptors (Lipinski definition) is 2. The molecule has 0 amide bonds. The molecule has 2 nitrogen and oxygen atoms in total. The van der Waals surface area contributed by atoms with Crippen LogP contribution in [0.4, 0.5) is 34.1 Å². The average molecular weight is 959 g/mol. The summed E-state index contributed by atoms with van der Waals surface area (Å²) in [5.74, 6) is 0. The molecular formula is C73H54N2. The Morgan fingerprint density at radius 2 is 0.600 bits per heavy atom. The minimum Gasteiger partial charge on any atom is -0.310 e. The second-order valence-corrected chi connectivity index (χ2v) is 22.0. The van der Waals surface area contributed by atoms with E-state index in [1.165, 1.54) is 94.6 Å². The van der Waals surface area contributed by atoms with Crippen molar-refractivity contribution in [3.05, 3.63) is 299 Å². The summed E-state index contributed by atoms with van der Waals surface area (Å²) in [5.41, 5.74) is 29.2. The Hall–Kier alpha value is -8.98. The van der Waals surface area contributed by atoms with Gasteiger partial charge in [0.25, 0.3) is 0 Å². The lowest BCUT2D eigenvalue weighted by Crippen LogP contribution is -2.25. The van der Waals surface area contributed by atoms with Crippen molar-refractivity contribution >= 4 is 34.1 Å². The molecule has 0 unspecified atom stereocenters.